The molecule has 1 heterocycles. The second-order valence-corrected chi connectivity index (χ2v) is 9.66. The van der Waals surface area contributed by atoms with Crippen LogP contribution in [0.25, 0.3) is 5.57 Å². The number of halogens is 2. The minimum Gasteiger partial charge on any atom is -0.459 e. The summed E-state index contributed by atoms with van der Waals surface area (Å²) in [6.07, 6.45) is 1.71. The summed E-state index contributed by atoms with van der Waals surface area (Å²) in [5.74, 6) is -0.792. The first kappa shape index (κ1) is 22.1. The van der Waals surface area contributed by atoms with E-state index in [0.717, 1.165) is 25.6 Å². The molecule has 0 radical (unpaired) electrons. The van der Waals surface area contributed by atoms with Gasteiger partial charge in [0.25, 0.3) is 0 Å². The quantitative estimate of drug-likeness (QED) is 0.272. The number of carbonyl (C=O) groups excluding carboxylic acids is 2. The van der Waals surface area contributed by atoms with E-state index < -0.39 is 17.5 Å². The highest BCUT2D eigenvalue weighted by Gasteiger charge is 2.60. The Bertz CT molecular complexity index is 1250. The zero-order chi connectivity index (χ0) is 23.0. The highest BCUT2D eigenvalue weighted by molar-refractivity contribution is 9.10. The summed E-state index contributed by atoms with van der Waals surface area (Å²) in [5, 5.41) is 0. The maximum Gasteiger partial charge on any atom is 0.338 e. The van der Waals surface area contributed by atoms with Gasteiger partial charge in [-0.15, -0.1) is 0 Å². The summed E-state index contributed by atoms with van der Waals surface area (Å²) in [4.78, 5) is 24.9. The number of hydrogen-bond acceptors (Lipinski definition) is 5. The van der Waals surface area contributed by atoms with Crippen LogP contribution in [0, 0.1) is 0 Å². The van der Waals surface area contributed by atoms with E-state index in [4.69, 9.17) is 14.2 Å². The van der Waals surface area contributed by atoms with E-state index >= 15 is 0 Å². The van der Waals surface area contributed by atoms with Crippen LogP contribution in [0.4, 0.5) is 0 Å². The van der Waals surface area contributed by atoms with Crippen LogP contribution >= 0.6 is 31.9 Å². The van der Waals surface area contributed by atoms with E-state index in [1.807, 2.05) is 30.3 Å². The number of carbonyl (C=O) groups is 2. The van der Waals surface area contributed by atoms with Crippen molar-refractivity contribution >= 4 is 49.4 Å². The van der Waals surface area contributed by atoms with E-state index in [1.165, 1.54) is 0 Å². The lowest BCUT2D eigenvalue weighted by Crippen LogP contribution is -2.26. The van der Waals surface area contributed by atoms with Gasteiger partial charge in [-0.05, 0) is 71.3 Å². The van der Waals surface area contributed by atoms with Gasteiger partial charge in [-0.1, -0.05) is 56.1 Å². The molecule has 2 atom stereocenters. The smallest absolute Gasteiger partial charge is 0.338 e. The fourth-order valence-electron chi connectivity index (χ4n) is 3.96. The van der Waals surface area contributed by atoms with E-state index in [1.54, 1.807) is 48.5 Å². The van der Waals surface area contributed by atoms with Crippen molar-refractivity contribution in [1.29, 1.82) is 0 Å². The Balaban J connectivity index is 1.29. The van der Waals surface area contributed by atoms with Crippen LogP contribution in [-0.4, -0.2) is 31.3 Å². The van der Waals surface area contributed by atoms with Crippen LogP contribution in [0.2, 0.25) is 0 Å². The van der Waals surface area contributed by atoms with Crippen molar-refractivity contribution in [2.75, 3.05) is 13.2 Å². The molecule has 0 unspecified atom stereocenters. The second-order valence-electron chi connectivity index (χ2n) is 7.83. The predicted molar refractivity (Wildman–Crippen MR) is 130 cm³/mol. The molecule has 0 spiro atoms. The molecule has 0 bridgehead atoms. The first-order valence-electron chi connectivity index (χ1n) is 10.3. The lowest BCUT2D eigenvalue weighted by Gasteiger charge is -2.22. The molecular weight excluding hydrogens is 552 g/mol. The molecule has 3 aromatic rings. The topological polar surface area (TPSA) is 65.1 Å². The van der Waals surface area contributed by atoms with Crippen molar-refractivity contribution < 1.29 is 23.8 Å². The molecule has 7 heteroatoms. The van der Waals surface area contributed by atoms with E-state index in [0.29, 0.717) is 11.1 Å². The van der Waals surface area contributed by atoms with Crippen molar-refractivity contribution in [3.8, 4) is 0 Å². The second kappa shape index (κ2) is 8.89. The summed E-state index contributed by atoms with van der Waals surface area (Å²) in [7, 11) is 0. The van der Waals surface area contributed by atoms with Crippen LogP contribution in [0.1, 0.15) is 31.8 Å². The van der Waals surface area contributed by atoms with E-state index in [-0.39, 0.29) is 19.3 Å². The first-order valence-corrected chi connectivity index (χ1v) is 11.9. The van der Waals surface area contributed by atoms with Gasteiger partial charge in [0.1, 0.15) is 19.3 Å². The Morgan fingerprint density at radius 2 is 1.39 bits per heavy atom. The largest absolute Gasteiger partial charge is 0.459 e. The molecule has 5 nitrogen and oxygen atoms in total. The van der Waals surface area contributed by atoms with Gasteiger partial charge >= 0.3 is 11.9 Å². The maximum absolute atomic E-state index is 12.5. The first-order chi connectivity index (χ1) is 16.0. The van der Waals surface area contributed by atoms with Crippen molar-refractivity contribution in [3.63, 3.8) is 0 Å². The van der Waals surface area contributed by atoms with Crippen LogP contribution in [-0.2, 0) is 19.8 Å². The van der Waals surface area contributed by atoms with Gasteiger partial charge in [-0.25, -0.2) is 9.59 Å². The molecule has 1 aliphatic heterocycles. The average molecular weight is 570 g/mol. The third-order valence-electron chi connectivity index (χ3n) is 5.76. The number of benzene rings is 3. The molecule has 0 amide bonds. The molecule has 0 aromatic heterocycles. The monoisotopic (exact) mass is 568 g/mol. The molecule has 33 heavy (non-hydrogen) atoms. The normalized spacial score (nSPS) is 20.2. The SMILES string of the molecule is O=C(OCC1=C[C@@H]2O[C@]2(COC(=O)c2ccc(Br)cc2)c2ccccc21)c1ccc(Br)cc1. The Labute approximate surface area is 207 Å². The molecule has 1 saturated heterocycles. The molecular formula is C26H18Br2O5. The molecule has 166 valence electrons. The van der Waals surface area contributed by atoms with Crippen molar-refractivity contribution in [3.05, 3.63) is 110 Å². The van der Waals surface area contributed by atoms with E-state index in [9.17, 15) is 9.59 Å². The zero-order valence-corrected chi connectivity index (χ0v) is 20.5. The van der Waals surface area contributed by atoms with Crippen LogP contribution in [0.3, 0.4) is 0 Å². The number of esters is 2. The van der Waals surface area contributed by atoms with Crippen molar-refractivity contribution in [1.82, 2.24) is 0 Å². The molecule has 1 fully saturated rings. The Hall–Kier alpha value is -2.74. The lowest BCUT2D eigenvalue weighted by molar-refractivity contribution is 0.0389. The minimum atomic E-state index is -0.708. The molecule has 5 rings (SSSR count). The van der Waals surface area contributed by atoms with Gasteiger partial charge < -0.3 is 14.2 Å². The van der Waals surface area contributed by atoms with Crippen molar-refractivity contribution in [2.45, 2.75) is 11.7 Å². The highest BCUT2D eigenvalue weighted by atomic mass is 79.9. The fraction of sp³-hybridized carbons (Fsp3) is 0.154. The Kier molecular flexibility index (Phi) is 5.95. The van der Waals surface area contributed by atoms with Gasteiger partial charge in [0.2, 0.25) is 0 Å². The van der Waals surface area contributed by atoms with Gasteiger partial charge in [-0.2, -0.15) is 0 Å². The van der Waals surface area contributed by atoms with Gasteiger partial charge in [0.05, 0.1) is 11.1 Å². The zero-order valence-electron chi connectivity index (χ0n) is 17.3. The van der Waals surface area contributed by atoms with Crippen LogP contribution in [0.5, 0.6) is 0 Å². The number of hydrogen-bond donors (Lipinski definition) is 0. The molecule has 0 saturated carbocycles. The summed E-state index contributed by atoms with van der Waals surface area (Å²) < 4.78 is 19.0. The standard InChI is InChI=1S/C26H18Br2O5/c27-19-9-5-16(6-10-19)24(29)31-14-18-13-23-26(33-23,22-4-2-1-3-21(18)22)15-32-25(30)17-7-11-20(28)12-8-17/h1-13,23H,14-15H2/t23-,26+/m0/s1. The van der Waals surface area contributed by atoms with Gasteiger partial charge in [-0.3, -0.25) is 0 Å². The summed E-state index contributed by atoms with van der Waals surface area (Å²) in [6, 6.07) is 21.8. The summed E-state index contributed by atoms with van der Waals surface area (Å²) in [5.41, 5.74) is 2.98. The third kappa shape index (κ3) is 4.40. The van der Waals surface area contributed by atoms with Crippen LogP contribution in [0.15, 0.2) is 87.8 Å². The van der Waals surface area contributed by atoms with Gasteiger partial charge in [0.15, 0.2) is 5.60 Å². The van der Waals surface area contributed by atoms with E-state index in [2.05, 4.69) is 31.9 Å². The molecule has 2 aliphatic rings. The number of rotatable bonds is 6. The molecule has 0 N–H and O–H groups in total. The summed E-state index contributed by atoms with van der Waals surface area (Å²) >= 11 is 6.72. The summed E-state index contributed by atoms with van der Waals surface area (Å²) in [6.45, 7) is 0.229. The minimum absolute atomic E-state index is 0.103. The lowest BCUT2D eigenvalue weighted by atomic mass is 9.83. The predicted octanol–water partition coefficient (Wildman–Crippen LogP) is 5.92. The fourth-order valence-corrected chi connectivity index (χ4v) is 4.49. The highest BCUT2D eigenvalue weighted by Crippen LogP contribution is 2.53. The van der Waals surface area contributed by atoms with Crippen LogP contribution < -0.4 is 0 Å². The number of ether oxygens (including phenoxy) is 3. The Morgan fingerprint density at radius 3 is 2.03 bits per heavy atom. The van der Waals surface area contributed by atoms with Gasteiger partial charge in [0, 0.05) is 8.95 Å². The maximum atomic E-state index is 12.5. The van der Waals surface area contributed by atoms with Crippen molar-refractivity contribution in [2.24, 2.45) is 0 Å². The third-order valence-corrected chi connectivity index (χ3v) is 6.81. The number of fused-ring (bicyclic) bond motifs is 3. The number of epoxide rings is 1. The average Bonchev–Trinajstić information content (AvgIpc) is 3.56. The Morgan fingerprint density at radius 1 is 0.818 bits per heavy atom. The molecule has 1 aliphatic carbocycles. The molecule has 3 aromatic carbocycles.